The highest BCUT2D eigenvalue weighted by atomic mass is 16.5. The van der Waals surface area contributed by atoms with Crippen LogP contribution in [0.15, 0.2) is 24.3 Å². The molecule has 0 bridgehead atoms. The summed E-state index contributed by atoms with van der Waals surface area (Å²) in [4.78, 5) is 0. The molecule has 3 nitrogen and oxygen atoms in total. The molecule has 3 heteroatoms. The maximum Gasteiger partial charge on any atom is 0.119 e. The number of rotatable bonds is 6. The summed E-state index contributed by atoms with van der Waals surface area (Å²) in [6.07, 6.45) is 3.51. The lowest BCUT2D eigenvalue weighted by Crippen LogP contribution is -2.24. The van der Waals surface area contributed by atoms with Crippen molar-refractivity contribution in [3.05, 3.63) is 29.8 Å². The standard InChI is InChI=1S/C15H22O3/c1-11(2)18-14-8-6-12(7-9-14)15(16)10-17-13-4-3-5-13/h6-9,11,13,15-16H,3-5,10H2,1-2H3. The van der Waals surface area contributed by atoms with Gasteiger partial charge in [-0.1, -0.05) is 12.1 Å². The molecule has 1 N–H and O–H groups in total. The van der Waals surface area contributed by atoms with Crippen molar-refractivity contribution in [1.29, 1.82) is 0 Å². The molecule has 0 aliphatic heterocycles. The lowest BCUT2D eigenvalue weighted by atomic mass is 9.96. The Bertz CT molecular complexity index is 355. The Labute approximate surface area is 109 Å². The van der Waals surface area contributed by atoms with E-state index < -0.39 is 6.10 Å². The van der Waals surface area contributed by atoms with Crippen molar-refractivity contribution in [2.24, 2.45) is 0 Å². The van der Waals surface area contributed by atoms with Crippen LogP contribution < -0.4 is 4.74 Å². The number of hydrogen-bond acceptors (Lipinski definition) is 3. The van der Waals surface area contributed by atoms with Crippen LogP contribution in [-0.2, 0) is 4.74 Å². The molecule has 1 aliphatic carbocycles. The smallest absolute Gasteiger partial charge is 0.119 e. The lowest BCUT2D eigenvalue weighted by molar-refractivity contribution is -0.0426. The molecule has 0 radical (unpaired) electrons. The minimum atomic E-state index is -0.543. The molecular weight excluding hydrogens is 228 g/mol. The minimum Gasteiger partial charge on any atom is -0.491 e. The average molecular weight is 250 g/mol. The van der Waals surface area contributed by atoms with Gasteiger partial charge in [-0.05, 0) is 50.8 Å². The van der Waals surface area contributed by atoms with E-state index in [-0.39, 0.29) is 6.10 Å². The molecule has 1 aromatic rings. The first-order valence-corrected chi connectivity index (χ1v) is 6.71. The van der Waals surface area contributed by atoms with Crippen molar-refractivity contribution in [2.75, 3.05) is 6.61 Å². The molecule has 1 saturated carbocycles. The molecule has 0 spiro atoms. The van der Waals surface area contributed by atoms with Gasteiger partial charge in [0.2, 0.25) is 0 Å². The van der Waals surface area contributed by atoms with Gasteiger partial charge in [0.1, 0.15) is 11.9 Å². The maximum absolute atomic E-state index is 10.00. The van der Waals surface area contributed by atoms with E-state index in [1.165, 1.54) is 6.42 Å². The van der Waals surface area contributed by atoms with Crippen LogP contribution in [0.1, 0.15) is 44.8 Å². The molecule has 1 fully saturated rings. The van der Waals surface area contributed by atoms with E-state index >= 15 is 0 Å². The third-order valence-electron chi connectivity index (χ3n) is 3.18. The van der Waals surface area contributed by atoms with Crippen LogP contribution in [0.2, 0.25) is 0 Å². The van der Waals surface area contributed by atoms with E-state index in [1.54, 1.807) is 0 Å². The summed E-state index contributed by atoms with van der Waals surface area (Å²) in [6, 6.07) is 7.57. The van der Waals surface area contributed by atoms with E-state index in [4.69, 9.17) is 9.47 Å². The van der Waals surface area contributed by atoms with Crippen molar-refractivity contribution in [3.8, 4) is 5.75 Å². The van der Waals surface area contributed by atoms with Crippen LogP contribution in [0.5, 0.6) is 5.75 Å². The summed E-state index contributed by atoms with van der Waals surface area (Å²) in [5.41, 5.74) is 0.880. The number of hydrogen-bond donors (Lipinski definition) is 1. The summed E-state index contributed by atoms with van der Waals surface area (Å²) >= 11 is 0. The van der Waals surface area contributed by atoms with Crippen molar-refractivity contribution in [3.63, 3.8) is 0 Å². The first-order valence-electron chi connectivity index (χ1n) is 6.71. The van der Waals surface area contributed by atoms with Gasteiger partial charge in [0.25, 0.3) is 0 Å². The zero-order chi connectivity index (χ0) is 13.0. The second-order valence-electron chi connectivity index (χ2n) is 5.14. The molecule has 0 saturated heterocycles. The molecule has 1 aliphatic rings. The summed E-state index contributed by atoms with van der Waals surface area (Å²) in [5, 5.41) is 10.00. The van der Waals surface area contributed by atoms with Gasteiger partial charge in [0.05, 0.1) is 18.8 Å². The lowest BCUT2D eigenvalue weighted by Gasteiger charge is -2.26. The maximum atomic E-state index is 10.00. The molecule has 0 heterocycles. The third kappa shape index (κ3) is 3.72. The molecular formula is C15H22O3. The number of benzene rings is 1. The normalized spacial score (nSPS) is 17.6. The second-order valence-corrected chi connectivity index (χ2v) is 5.14. The fourth-order valence-electron chi connectivity index (χ4n) is 1.90. The van der Waals surface area contributed by atoms with E-state index in [9.17, 15) is 5.11 Å². The number of ether oxygens (including phenoxy) is 2. The molecule has 1 atom stereocenters. The van der Waals surface area contributed by atoms with E-state index in [0.29, 0.717) is 12.7 Å². The molecule has 1 unspecified atom stereocenters. The molecule has 1 aromatic carbocycles. The first-order chi connectivity index (χ1) is 8.65. The van der Waals surface area contributed by atoms with Crippen LogP contribution in [0, 0.1) is 0 Å². The average Bonchev–Trinajstić information content (AvgIpc) is 2.27. The minimum absolute atomic E-state index is 0.169. The zero-order valence-electron chi connectivity index (χ0n) is 11.1. The van der Waals surface area contributed by atoms with Gasteiger partial charge in [0.15, 0.2) is 0 Å². The Kier molecular flexibility index (Phi) is 4.61. The SMILES string of the molecule is CC(C)Oc1ccc(C(O)COC2CCC2)cc1. The van der Waals surface area contributed by atoms with Crippen molar-refractivity contribution >= 4 is 0 Å². The quantitative estimate of drug-likeness (QED) is 0.843. The van der Waals surface area contributed by atoms with Gasteiger partial charge < -0.3 is 14.6 Å². The molecule has 100 valence electrons. The molecule has 0 aromatic heterocycles. The number of aliphatic hydroxyl groups is 1. The van der Waals surface area contributed by atoms with Gasteiger partial charge >= 0.3 is 0 Å². The number of aliphatic hydroxyl groups excluding tert-OH is 1. The van der Waals surface area contributed by atoms with Crippen molar-refractivity contribution < 1.29 is 14.6 Å². The molecule has 2 rings (SSSR count). The van der Waals surface area contributed by atoms with Crippen LogP contribution >= 0.6 is 0 Å². The summed E-state index contributed by atoms with van der Waals surface area (Å²) in [7, 11) is 0. The Morgan fingerprint density at radius 2 is 1.89 bits per heavy atom. The van der Waals surface area contributed by atoms with Crippen LogP contribution in [0.25, 0.3) is 0 Å². The third-order valence-corrected chi connectivity index (χ3v) is 3.18. The largest absolute Gasteiger partial charge is 0.491 e. The van der Waals surface area contributed by atoms with Gasteiger partial charge in [-0.15, -0.1) is 0 Å². The predicted molar refractivity (Wildman–Crippen MR) is 70.8 cm³/mol. The Balaban J connectivity index is 1.83. The van der Waals surface area contributed by atoms with E-state index in [0.717, 1.165) is 24.2 Å². The summed E-state index contributed by atoms with van der Waals surface area (Å²) in [5.74, 6) is 0.834. The molecule has 18 heavy (non-hydrogen) atoms. The predicted octanol–water partition coefficient (Wildman–Crippen LogP) is 3.08. The van der Waals surface area contributed by atoms with Crippen molar-refractivity contribution in [2.45, 2.75) is 51.4 Å². The highest BCUT2D eigenvalue weighted by Gasteiger charge is 2.19. The fraction of sp³-hybridized carbons (Fsp3) is 0.600. The van der Waals surface area contributed by atoms with E-state index in [2.05, 4.69) is 0 Å². The Morgan fingerprint density at radius 3 is 2.39 bits per heavy atom. The van der Waals surface area contributed by atoms with Gasteiger partial charge in [0, 0.05) is 0 Å². The monoisotopic (exact) mass is 250 g/mol. The summed E-state index contributed by atoms with van der Waals surface area (Å²) in [6.45, 7) is 4.37. The summed E-state index contributed by atoms with van der Waals surface area (Å²) < 4.78 is 11.2. The van der Waals surface area contributed by atoms with Gasteiger partial charge in [-0.3, -0.25) is 0 Å². The highest BCUT2D eigenvalue weighted by Crippen LogP contribution is 2.24. The second kappa shape index (κ2) is 6.21. The Morgan fingerprint density at radius 1 is 1.22 bits per heavy atom. The topological polar surface area (TPSA) is 38.7 Å². The van der Waals surface area contributed by atoms with Gasteiger partial charge in [-0.25, -0.2) is 0 Å². The van der Waals surface area contributed by atoms with E-state index in [1.807, 2.05) is 38.1 Å². The Hall–Kier alpha value is -1.06. The van der Waals surface area contributed by atoms with Crippen molar-refractivity contribution in [1.82, 2.24) is 0 Å². The van der Waals surface area contributed by atoms with Gasteiger partial charge in [-0.2, -0.15) is 0 Å². The zero-order valence-corrected chi connectivity index (χ0v) is 11.1. The van der Waals surface area contributed by atoms with Crippen LogP contribution in [0.4, 0.5) is 0 Å². The van der Waals surface area contributed by atoms with Crippen LogP contribution in [0.3, 0.4) is 0 Å². The van der Waals surface area contributed by atoms with Crippen LogP contribution in [-0.4, -0.2) is 23.9 Å². The fourth-order valence-corrected chi connectivity index (χ4v) is 1.90. The highest BCUT2D eigenvalue weighted by molar-refractivity contribution is 5.28. The first kappa shape index (κ1) is 13.4. The molecule has 0 amide bonds.